The molecule has 0 spiro atoms. The van der Waals surface area contributed by atoms with Crippen molar-refractivity contribution in [1.82, 2.24) is 15.1 Å². The Morgan fingerprint density at radius 1 is 1.26 bits per heavy atom. The molecule has 1 atom stereocenters. The van der Waals surface area contributed by atoms with Crippen molar-refractivity contribution >= 4 is 18.3 Å². The van der Waals surface area contributed by atoms with Crippen LogP contribution in [0.4, 0.5) is 0 Å². The summed E-state index contributed by atoms with van der Waals surface area (Å²) < 4.78 is 5.11. The maximum atomic E-state index is 12.3. The number of ether oxygens (including phenoxy) is 1. The number of rotatable bonds is 4. The molecule has 1 unspecified atom stereocenters. The lowest BCUT2D eigenvalue weighted by Gasteiger charge is -2.24. The molecule has 1 amide bonds. The zero-order valence-electron chi connectivity index (χ0n) is 11.8. The van der Waals surface area contributed by atoms with E-state index in [1.54, 1.807) is 7.11 Å². The van der Waals surface area contributed by atoms with Crippen LogP contribution in [0, 0.1) is 0 Å². The zero-order valence-corrected chi connectivity index (χ0v) is 12.6. The van der Waals surface area contributed by atoms with Crippen LogP contribution in [0.3, 0.4) is 0 Å². The molecule has 112 valence electrons. The number of nitrogens with one attached hydrogen (secondary N) is 1. The molecule has 2 heterocycles. The number of hydrogen-bond acceptors (Lipinski definition) is 4. The summed E-state index contributed by atoms with van der Waals surface area (Å²) in [5.41, 5.74) is 0. The highest BCUT2D eigenvalue weighted by Gasteiger charge is 2.27. The van der Waals surface area contributed by atoms with Gasteiger partial charge in [0, 0.05) is 33.3 Å². The lowest BCUT2D eigenvalue weighted by Crippen LogP contribution is -2.45. The van der Waals surface area contributed by atoms with Crippen molar-refractivity contribution in [3.05, 3.63) is 0 Å². The SMILES string of the molecule is COCCN1CCCN(C(=O)C2CCCN2)CC1.Cl. The Morgan fingerprint density at radius 2 is 2.11 bits per heavy atom. The molecule has 0 radical (unpaired) electrons. The number of carbonyl (C=O) groups excluding carboxylic acids is 1. The van der Waals surface area contributed by atoms with Gasteiger partial charge in [-0.15, -0.1) is 12.4 Å². The van der Waals surface area contributed by atoms with Crippen molar-refractivity contribution < 1.29 is 9.53 Å². The minimum absolute atomic E-state index is 0. The van der Waals surface area contributed by atoms with Gasteiger partial charge in [0.15, 0.2) is 0 Å². The fraction of sp³-hybridized carbons (Fsp3) is 0.923. The van der Waals surface area contributed by atoms with E-state index >= 15 is 0 Å². The number of carbonyl (C=O) groups is 1. The van der Waals surface area contributed by atoms with Gasteiger partial charge in [-0.05, 0) is 32.4 Å². The minimum atomic E-state index is 0. The fourth-order valence-corrected chi connectivity index (χ4v) is 2.75. The maximum absolute atomic E-state index is 12.3. The van der Waals surface area contributed by atoms with Crippen LogP contribution in [-0.4, -0.2) is 74.7 Å². The molecule has 6 heteroatoms. The molecule has 0 bridgehead atoms. The van der Waals surface area contributed by atoms with E-state index in [9.17, 15) is 4.79 Å². The van der Waals surface area contributed by atoms with E-state index in [1.165, 1.54) is 0 Å². The summed E-state index contributed by atoms with van der Waals surface area (Å²) in [6.07, 6.45) is 3.20. The molecule has 0 aliphatic carbocycles. The lowest BCUT2D eigenvalue weighted by atomic mass is 10.2. The van der Waals surface area contributed by atoms with Gasteiger partial charge in [0.2, 0.25) is 5.91 Å². The summed E-state index contributed by atoms with van der Waals surface area (Å²) in [4.78, 5) is 16.7. The third-order valence-electron chi connectivity index (χ3n) is 3.87. The average molecular weight is 292 g/mol. The van der Waals surface area contributed by atoms with Crippen LogP contribution in [-0.2, 0) is 9.53 Å². The predicted octanol–water partition coefficient (Wildman–Crippen LogP) is 0.341. The summed E-state index contributed by atoms with van der Waals surface area (Å²) in [6.45, 7) is 6.55. The van der Waals surface area contributed by atoms with E-state index in [0.717, 1.165) is 65.1 Å². The van der Waals surface area contributed by atoms with Gasteiger partial charge < -0.3 is 15.0 Å². The van der Waals surface area contributed by atoms with Crippen molar-refractivity contribution in [3.63, 3.8) is 0 Å². The average Bonchev–Trinajstić information content (AvgIpc) is 2.82. The van der Waals surface area contributed by atoms with Crippen LogP contribution in [0.5, 0.6) is 0 Å². The van der Waals surface area contributed by atoms with E-state index < -0.39 is 0 Å². The predicted molar refractivity (Wildman–Crippen MR) is 77.8 cm³/mol. The molecule has 2 aliphatic rings. The highest BCUT2D eigenvalue weighted by Crippen LogP contribution is 2.11. The lowest BCUT2D eigenvalue weighted by molar-refractivity contribution is -0.132. The minimum Gasteiger partial charge on any atom is -0.383 e. The summed E-state index contributed by atoms with van der Waals surface area (Å²) in [5, 5.41) is 3.29. The first-order valence-electron chi connectivity index (χ1n) is 7.04. The number of hydrogen-bond donors (Lipinski definition) is 1. The second-order valence-electron chi connectivity index (χ2n) is 5.16. The Morgan fingerprint density at radius 3 is 2.79 bits per heavy atom. The van der Waals surface area contributed by atoms with Crippen molar-refractivity contribution in [1.29, 1.82) is 0 Å². The smallest absolute Gasteiger partial charge is 0.239 e. The monoisotopic (exact) mass is 291 g/mol. The van der Waals surface area contributed by atoms with Crippen molar-refractivity contribution in [3.8, 4) is 0 Å². The highest BCUT2D eigenvalue weighted by molar-refractivity contribution is 5.85. The Bertz CT molecular complexity index is 273. The van der Waals surface area contributed by atoms with Crippen LogP contribution in [0.2, 0.25) is 0 Å². The van der Waals surface area contributed by atoms with Gasteiger partial charge in [-0.2, -0.15) is 0 Å². The maximum Gasteiger partial charge on any atom is 0.239 e. The molecule has 2 saturated heterocycles. The van der Waals surface area contributed by atoms with Crippen molar-refractivity contribution in [2.24, 2.45) is 0 Å². The van der Waals surface area contributed by atoms with E-state index in [0.29, 0.717) is 5.91 Å². The first-order chi connectivity index (χ1) is 8.81. The molecule has 0 aromatic carbocycles. The molecule has 0 aromatic rings. The Kier molecular flexibility index (Phi) is 7.68. The van der Waals surface area contributed by atoms with Crippen LogP contribution in [0.25, 0.3) is 0 Å². The zero-order chi connectivity index (χ0) is 12.8. The van der Waals surface area contributed by atoms with Crippen LogP contribution < -0.4 is 5.32 Å². The molecule has 2 aliphatic heterocycles. The van der Waals surface area contributed by atoms with Crippen molar-refractivity contribution in [2.45, 2.75) is 25.3 Å². The number of amides is 1. The summed E-state index contributed by atoms with van der Waals surface area (Å²) in [6, 6.07) is 0.0792. The summed E-state index contributed by atoms with van der Waals surface area (Å²) in [5.74, 6) is 0.307. The second-order valence-corrected chi connectivity index (χ2v) is 5.16. The van der Waals surface area contributed by atoms with Crippen LogP contribution in [0.1, 0.15) is 19.3 Å². The normalized spacial score (nSPS) is 24.9. The van der Waals surface area contributed by atoms with Crippen molar-refractivity contribution in [2.75, 3.05) is 53.0 Å². The first-order valence-corrected chi connectivity index (χ1v) is 7.04. The Balaban J connectivity index is 0.00000180. The van der Waals surface area contributed by atoms with Crippen LogP contribution >= 0.6 is 12.4 Å². The molecule has 0 aromatic heterocycles. The molecule has 2 rings (SSSR count). The molecule has 1 N–H and O–H groups in total. The first kappa shape index (κ1) is 16.7. The van der Waals surface area contributed by atoms with Gasteiger partial charge in [0.05, 0.1) is 12.6 Å². The quantitative estimate of drug-likeness (QED) is 0.811. The van der Waals surface area contributed by atoms with E-state index in [2.05, 4.69) is 10.2 Å². The van der Waals surface area contributed by atoms with Gasteiger partial charge in [0.25, 0.3) is 0 Å². The third kappa shape index (κ3) is 4.91. The molecule has 19 heavy (non-hydrogen) atoms. The van der Waals surface area contributed by atoms with Gasteiger partial charge >= 0.3 is 0 Å². The van der Waals surface area contributed by atoms with Gasteiger partial charge in [-0.3, -0.25) is 9.69 Å². The molecule has 0 saturated carbocycles. The van der Waals surface area contributed by atoms with E-state index in [4.69, 9.17) is 4.74 Å². The Labute approximate surface area is 122 Å². The summed E-state index contributed by atoms with van der Waals surface area (Å²) in [7, 11) is 1.74. The van der Waals surface area contributed by atoms with Gasteiger partial charge in [-0.1, -0.05) is 0 Å². The largest absolute Gasteiger partial charge is 0.383 e. The molecular weight excluding hydrogens is 266 g/mol. The molecular formula is C13H26ClN3O2. The Hall–Kier alpha value is -0.360. The fourth-order valence-electron chi connectivity index (χ4n) is 2.75. The van der Waals surface area contributed by atoms with E-state index in [-0.39, 0.29) is 18.4 Å². The number of nitrogens with zero attached hydrogens (tertiary/aromatic N) is 2. The van der Waals surface area contributed by atoms with Gasteiger partial charge in [0.1, 0.15) is 0 Å². The highest BCUT2D eigenvalue weighted by atomic mass is 35.5. The second kappa shape index (κ2) is 8.74. The molecule has 5 nitrogen and oxygen atoms in total. The van der Waals surface area contributed by atoms with Gasteiger partial charge in [-0.25, -0.2) is 0 Å². The van der Waals surface area contributed by atoms with E-state index in [1.807, 2.05) is 4.90 Å². The number of halogens is 1. The standard InChI is InChI=1S/C13H25N3O2.ClH/c1-18-11-10-15-6-3-7-16(9-8-15)13(17)12-4-2-5-14-12;/h12,14H,2-11H2,1H3;1H. The molecule has 2 fully saturated rings. The third-order valence-corrected chi connectivity index (χ3v) is 3.87. The topological polar surface area (TPSA) is 44.8 Å². The number of methoxy groups -OCH3 is 1. The van der Waals surface area contributed by atoms with Crippen LogP contribution in [0.15, 0.2) is 0 Å². The summed E-state index contributed by atoms with van der Waals surface area (Å²) >= 11 is 0.